The molecule has 3 rings (SSSR count). The minimum atomic E-state index is -0.443. The summed E-state index contributed by atoms with van der Waals surface area (Å²) < 4.78 is 5.26. The maximum absolute atomic E-state index is 13.4. The molecule has 2 aromatic rings. The fourth-order valence-electron chi connectivity index (χ4n) is 4.19. The van der Waals surface area contributed by atoms with E-state index >= 15 is 0 Å². The molecule has 0 bridgehead atoms. The number of amides is 2. The summed E-state index contributed by atoms with van der Waals surface area (Å²) in [4.78, 5) is 29.8. The number of hydrogen-bond acceptors (Lipinski definition) is 4. The number of likely N-dealkylation sites (tertiary alicyclic amines) is 1. The van der Waals surface area contributed by atoms with Gasteiger partial charge in [0, 0.05) is 26.6 Å². The second-order valence-electron chi connectivity index (χ2n) is 7.98. The van der Waals surface area contributed by atoms with Gasteiger partial charge in [-0.2, -0.15) is 5.26 Å². The van der Waals surface area contributed by atoms with Crippen LogP contribution in [-0.2, 0) is 16.1 Å². The number of methoxy groups -OCH3 is 1. The van der Waals surface area contributed by atoms with Gasteiger partial charge in [0.15, 0.2) is 0 Å². The van der Waals surface area contributed by atoms with E-state index in [4.69, 9.17) is 10.00 Å². The molecule has 0 aromatic heterocycles. The smallest absolute Gasteiger partial charge is 0.228 e. The lowest BCUT2D eigenvalue weighted by Crippen LogP contribution is -2.37. The van der Waals surface area contributed by atoms with Crippen LogP contribution in [0.25, 0.3) is 0 Å². The number of nitriles is 1. The van der Waals surface area contributed by atoms with Crippen molar-refractivity contribution in [1.29, 1.82) is 5.26 Å². The fraction of sp³-hybridized carbons (Fsp3) is 0.400. The van der Waals surface area contributed by atoms with E-state index in [1.807, 2.05) is 41.3 Å². The lowest BCUT2D eigenvalue weighted by atomic mass is 9.92. The molecule has 31 heavy (non-hydrogen) atoms. The van der Waals surface area contributed by atoms with Crippen molar-refractivity contribution in [2.24, 2.45) is 5.92 Å². The molecule has 1 fully saturated rings. The van der Waals surface area contributed by atoms with Crippen LogP contribution in [0.3, 0.4) is 0 Å². The first kappa shape index (κ1) is 22.4. The Morgan fingerprint density at radius 1 is 1.26 bits per heavy atom. The van der Waals surface area contributed by atoms with Gasteiger partial charge in [-0.3, -0.25) is 9.59 Å². The number of ether oxygens (including phenoxy) is 1. The number of carbonyl (C=O) groups is 2. The van der Waals surface area contributed by atoms with Gasteiger partial charge in [0.2, 0.25) is 11.8 Å². The van der Waals surface area contributed by atoms with E-state index in [2.05, 4.69) is 13.0 Å². The Kier molecular flexibility index (Phi) is 7.30. The summed E-state index contributed by atoms with van der Waals surface area (Å²) in [5.74, 6) is 0.260. The van der Waals surface area contributed by atoms with Crippen LogP contribution >= 0.6 is 0 Å². The standard InChI is InChI=1S/C25H29N3O3/c1-4-5-13-28-23(29)15-22(24(28)20-9-11-21(31-3)12-10-20)25(30)27(2)17-19-8-6-7-18(14-19)16-26/h6-12,14,22,24H,4-5,13,15,17H2,1-3H3. The van der Waals surface area contributed by atoms with Crippen molar-refractivity contribution in [1.82, 2.24) is 9.80 Å². The number of carbonyl (C=O) groups excluding carboxylic acids is 2. The number of unbranched alkanes of at least 4 members (excludes halogenated alkanes) is 1. The van der Waals surface area contributed by atoms with Crippen molar-refractivity contribution in [3.8, 4) is 11.8 Å². The Morgan fingerprint density at radius 3 is 2.65 bits per heavy atom. The molecule has 0 radical (unpaired) electrons. The summed E-state index contributed by atoms with van der Waals surface area (Å²) in [5.41, 5.74) is 2.40. The predicted molar refractivity (Wildman–Crippen MR) is 118 cm³/mol. The van der Waals surface area contributed by atoms with Gasteiger partial charge in [0.1, 0.15) is 5.75 Å². The molecule has 2 atom stereocenters. The first-order valence-electron chi connectivity index (χ1n) is 10.7. The minimum Gasteiger partial charge on any atom is -0.497 e. The van der Waals surface area contributed by atoms with Gasteiger partial charge in [-0.1, -0.05) is 37.6 Å². The summed E-state index contributed by atoms with van der Waals surface area (Å²) in [6.07, 6.45) is 2.09. The number of rotatable bonds is 8. The lowest BCUT2D eigenvalue weighted by Gasteiger charge is -2.30. The Balaban J connectivity index is 1.85. The second kappa shape index (κ2) is 10.1. The van der Waals surface area contributed by atoms with Gasteiger partial charge in [-0.25, -0.2) is 0 Å². The molecule has 6 heteroatoms. The van der Waals surface area contributed by atoms with Gasteiger partial charge in [0.05, 0.1) is 30.7 Å². The predicted octanol–water partition coefficient (Wildman–Crippen LogP) is 3.92. The van der Waals surface area contributed by atoms with Crippen LogP contribution in [0.1, 0.15) is 48.9 Å². The van der Waals surface area contributed by atoms with E-state index in [1.165, 1.54) is 0 Å². The second-order valence-corrected chi connectivity index (χ2v) is 7.98. The summed E-state index contributed by atoms with van der Waals surface area (Å²) >= 11 is 0. The van der Waals surface area contributed by atoms with Crippen molar-refractivity contribution in [2.45, 2.75) is 38.8 Å². The van der Waals surface area contributed by atoms with E-state index in [9.17, 15) is 9.59 Å². The molecule has 0 N–H and O–H groups in total. The molecule has 2 unspecified atom stereocenters. The molecule has 1 aliphatic heterocycles. The zero-order valence-corrected chi connectivity index (χ0v) is 18.4. The van der Waals surface area contributed by atoms with Crippen molar-refractivity contribution in [3.05, 3.63) is 65.2 Å². The molecule has 2 amide bonds. The number of hydrogen-bond donors (Lipinski definition) is 0. The maximum atomic E-state index is 13.4. The fourth-order valence-corrected chi connectivity index (χ4v) is 4.19. The molecule has 0 aliphatic carbocycles. The molecule has 1 saturated heterocycles. The zero-order valence-electron chi connectivity index (χ0n) is 18.4. The molecule has 2 aromatic carbocycles. The molecule has 0 saturated carbocycles. The highest BCUT2D eigenvalue weighted by atomic mass is 16.5. The lowest BCUT2D eigenvalue weighted by molar-refractivity contribution is -0.135. The molecule has 1 aliphatic rings. The van der Waals surface area contributed by atoms with Crippen LogP contribution in [0.4, 0.5) is 0 Å². The zero-order chi connectivity index (χ0) is 22.4. The van der Waals surface area contributed by atoms with Crippen LogP contribution in [0, 0.1) is 17.2 Å². The molecular weight excluding hydrogens is 390 g/mol. The van der Waals surface area contributed by atoms with E-state index in [-0.39, 0.29) is 24.3 Å². The van der Waals surface area contributed by atoms with Crippen LogP contribution < -0.4 is 4.74 Å². The van der Waals surface area contributed by atoms with Crippen molar-refractivity contribution in [3.63, 3.8) is 0 Å². The van der Waals surface area contributed by atoms with E-state index in [0.717, 1.165) is 29.7 Å². The Bertz CT molecular complexity index is 965. The molecule has 1 heterocycles. The first-order valence-corrected chi connectivity index (χ1v) is 10.7. The highest BCUT2D eigenvalue weighted by Crippen LogP contribution is 2.40. The van der Waals surface area contributed by atoms with E-state index < -0.39 is 5.92 Å². The maximum Gasteiger partial charge on any atom is 0.228 e. The van der Waals surface area contributed by atoms with Crippen LogP contribution in [0.5, 0.6) is 5.75 Å². The van der Waals surface area contributed by atoms with Gasteiger partial charge in [0.25, 0.3) is 0 Å². The van der Waals surface area contributed by atoms with Gasteiger partial charge in [-0.05, 0) is 41.8 Å². The Morgan fingerprint density at radius 2 is 2.00 bits per heavy atom. The van der Waals surface area contributed by atoms with Crippen molar-refractivity contribution >= 4 is 11.8 Å². The van der Waals surface area contributed by atoms with Gasteiger partial charge < -0.3 is 14.5 Å². The third-order valence-corrected chi connectivity index (χ3v) is 5.81. The summed E-state index contributed by atoms with van der Waals surface area (Å²) in [5, 5.41) is 9.12. The topological polar surface area (TPSA) is 73.6 Å². The third kappa shape index (κ3) is 5.05. The third-order valence-electron chi connectivity index (χ3n) is 5.81. The highest BCUT2D eigenvalue weighted by Gasteiger charge is 2.45. The normalized spacial score (nSPS) is 18.0. The average molecular weight is 420 g/mol. The van der Waals surface area contributed by atoms with Crippen LogP contribution in [0.2, 0.25) is 0 Å². The number of benzene rings is 2. The SMILES string of the molecule is CCCCN1C(=O)CC(C(=O)N(C)Cc2cccc(C#N)c2)C1c1ccc(OC)cc1. The molecule has 6 nitrogen and oxygen atoms in total. The molecule has 162 valence electrons. The van der Waals surface area contributed by atoms with E-state index in [0.29, 0.717) is 18.7 Å². The van der Waals surface area contributed by atoms with Crippen molar-refractivity contribution < 1.29 is 14.3 Å². The Hall–Kier alpha value is -3.33. The monoisotopic (exact) mass is 419 g/mol. The molecule has 0 spiro atoms. The molecular formula is C25H29N3O3. The first-order chi connectivity index (χ1) is 15.0. The Labute approximate surface area is 184 Å². The van der Waals surface area contributed by atoms with Crippen molar-refractivity contribution in [2.75, 3.05) is 20.7 Å². The van der Waals surface area contributed by atoms with Gasteiger partial charge in [-0.15, -0.1) is 0 Å². The highest BCUT2D eigenvalue weighted by molar-refractivity contribution is 5.90. The summed E-state index contributed by atoms with van der Waals surface area (Å²) in [6, 6.07) is 16.7. The average Bonchev–Trinajstić information content (AvgIpc) is 3.13. The van der Waals surface area contributed by atoms with Crippen LogP contribution in [-0.4, -0.2) is 42.3 Å². The quantitative estimate of drug-likeness (QED) is 0.650. The van der Waals surface area contributed by atoms with Crippen LogP contribution in [0.15, 0.2) is 48.5 Å². The van der Waals surface area contributed by atoms with Gasteiger partial charge >= 0.3 is 0 Å². The number of nitrogens with zero attached hydrogens (tertiary/aromatic N) is 3. The summed E-state index contributed by atoms with van der Waals surface area (Å²) in [6.45, 7) is 3.13. The minimum absolute atomic E-state index is 0.0208. The largest absolute Gasteiger partial charge is 0.497 e. The summed E-state index contributed by atoms with van der Waals surface area (Å²) in [7, 11) is 3.37. The van der Waals surface area contributed by atoms with E-state index in [1.54, 1.807) is 31.2 Å².